The summed E-state index contributed by atoms with van der Waals surface area (Å²) in [5.74, 6) is 0.727. The van der Waals surface area contributed by atoms with Crippen LogP contribution in [-0.4, -0.2) is 34.5 Å². The van der Waals surface area contributed by atoms with Gasteiger partial charge in [0.05, 0.1) is 4.90 Å². The molecule has 0 bridgehead atoms. The van der Waals surface area contributed by atoms with Crippen LogP contribution in [0.15, 0.2) is 58.4 Å². The second-order valence-electron chi connectivity index (χ2n) is 7.76. The van der Waals surface area contributed by atoms with Crippen LogP contribution in [0.25, 0.3) is 0 Å². The summed E-state index contributed by atoms with van der Waals surface area (Å²) in [6, 6.07) is 14.5. The number of primary sulfonamides is 1. The predicted molar refractivity (Wildman–Crippen MR) is 135 cm³/mol. The van der Waals surface area contributed by atoms with Crippen LogP contribution < -0.4 is 15.8 Å². The molecule has 0 spiro atoms. The Hall–Kier alpha value is -1.36. The molecule has 0 atom stereocenters. The normalized spacial score (nSPS) is 12.2. The van der Waals surface area contributed by atoms with Gasteiger partial charge >= 0.3 is 0 Å². The van der Waals surface area contributed by atoms with Crippen LogP contribution in [-0.2, 0) is 22.9 Å². The summed E-state index contributed by atoms with van der Waals surface area (Å²) >= 11 is 6.08. The van der Waals surface area contributed by atoms with Gasteiger partial charge in [0.2, 0.25) is 10.0 Å². The Morgan fingerprint density at radius 2 is 1.77 bits per heavy atom. The van der Waals surface area contributed by atoms with Crippen LogP contribution in [0, 0.1) is 5.41 Å². The lowest BCUT2D eigenvalue weighted by Gasteiger charge is -2.26. The predicted octanol–water partition coefficient (Wildman–Crippen LogP) is 3.58. The van der Waals surface area contributed by atoms with Gasteiger partial charge in [-0.05, 0) is 53.6 Å². The Morgan fingerprint density at radius 1 is 1.10 bits per heavy atom. The zero-order chi connectivity index (χ0) is 21.5. The molecule has 0 saturated heterocycles. The van der Waals surface area contributed by atoms with Crippen LogP contribution in [0.4, 0.5) is 0 Å². The minimum Gasteiger partial charge on any atom is -0.356 e. The number of halogens is 2. The Kier molecular flexibility index (Phi) is 10.6. The van der Waals surface area contributed by atoms with Crippen molar-refractivity contribution in [1.82, 2.24) is 10.6 Å². The topological polar surface area (TPSA) is 96.6 Å². The maximum Gasteiger partial charge on any atom is 0.238 e. The Balaban J connectivity index is 0.00000450. The van der Waals surface area contributed by atoms with Gasteiger partial charge < -0.3 is 10.6 Å². The van der Waals surface area contributed by atoms with Gasteiger partial charge in [0.25, 0.3) is 0 Å². The van der Waals surface area contributed by atoms with Crippen molar-refractivity contribution in [3.63, 3.8) is 0 Å². The van der Waals surface area contributed by atoms with E-state index in [2.05, 4.69) is 35.5 Å². The molecule has 0 radical (unpaired) electrons. The lowest BCUT2D eigenvalue weighted by Crippen LogP contribution is -2.43. The van der Waals surface area contributed by atoms with Gasteiger partial charge in [0, 0.05) is 25.2 Å². The highest BCUT2D eigenvalue weighted by molar-refractivity contribution is 14.0. The highest BCUT2D eigenvalue weighted by Crippen LogP contribution is 2.22. The fourth-order valence-electron chi connectivity index (χ4n) is 2.98. The van der Waals surface area contributed by atoms with E-state index in [1.54, 1.807) is 19.2 Å². The van der Waals surface area contributed by atoms with E-state index in [1.165, 1.54) is 17.7 Å². The van der Waals surface area contributed by atoms with Gasteiger partial charge in [-0.2, -0.15) is 0 Å². The van der Waals surface area contributed by atoms with Gasteiger partial charge in [-0.25, -0.2) is 13.6 Å². The molecule has 0 aliphatic rings. The van der Waals surface area contributed by atoms with Crippen LogP contribution >= 0.6 is 35.6 Å². The van der Waals surface area contributed by atoms with Crippen LogP contribution in [0.1, 0.15) is 25.0 Å². The van der Waals surface area contributed by atoms with Gasteiger partial charge in [-0.15, -0.1) is 24.0 Å². The number of rotatable bonds is 8. The van der Waals surface area contributed by atoms with Crippen molar-refractivity contribution >= 4 is 51.6 Å². The van der Waals surface area contributed by atoms with E-state index in [4.69, 9.17) is 16.7 Å². The van der Waals surface area contributed by atoms with Gasteiger partial charge in [-0.3, -0.25) is 4.99 Å². The molecule has 4 N–H and O–H groups in total. The molecular weight excluding hydrogens is 535 g/mol. The highest BCUT2D eigenvalue weighted by atomic mass is 127. The number of sulfonamides is 1. The monoisotopic (exact) mass is 564 g/mol. The van der Waals surface area contributed by atoms with E-state index in [0.29, 0.717) is 6.54 Å². The molecule has 9 heteroatoms. The third kappa shape index (κ3) is 9.20. The van der Waals surface area contributed by atoms with Crippen molar-refractivity contribution in [3.8, 4) is 0 Å². The van der Waals surface area contributed by atoms with E-state index in [1.807, 2.05) is 18.2 Å². The molecule has 0 aromatic heterocycles. The maximum atomic E-state index is 11.3. The molecule has 2 aromatic rings. The molecule has 30 heavy (non-hydrogen) atoms. The number of guanidine groups is 1. The SMILES string of the molecule is CN=C(NCCc1ccc(S(N)(=O)=O)cc1)NCC(C)(C)Cc1cccc(Cl)c1.I. The van der Waals surface area contributed by atoms with Crippen LogP contribution in [0.3, 0.4) is 0 Å². The molecule has 0 unspecified atom stereocenters. The van der Waals surface area contributed by atoms with E-state index >= 15 is 0 Å². The van der Waals surface area contributed by atoms with E-state index in [9.17, 15) is 8.42 Å². The van der Waals surface area contributed by atoms with Gasteiger partial charge in [0.1, 0.15) is 0 Å². The number of hydrogen-bond acceptors (Lipinski definition) is 3. The zero-order valence-corrected chi connectivity index (χ0v) is 21.4. The molecule has 0 aliphatic carbocycles. The van der Waals surface area contributed by atoms with Crippen molar-refractivity contribution in [2.45, 2.75) is 31.6 Å². The van der Waals surface area contributed by atoms with Gasteiger partial charge in [0.15, 0.2) is 5.96 Å². The summed E-state index contributed by atoms with van der Waals surface area (Å²) in [6.45, 7) is 5.81. The summed E-state index contributed by atoms with van der Waals surface area (Å²) in [5, 5.41) is 12.5. The maximum absolute atomic E-state index is 11.3. The third-order valence-electron chi connectivity index (χ3n) is 4.49. The first-order valence-corrected chi connectivity index (χ1v) is 11.3. The number of nitrogens with one attached hydrogen (secondary N) is 2. The highest BCUT2D eigenvalue weighted by Gasteiger charge is 2.19. The standard InChI is InChI=1S/C21H29ClN4O2S.HI/c1-21(2,14-17-5-4-6-18(22)13-17)15-26-20(24-3)25-12-11-16-7-9-19(10-8-16)29(23,27)28;/h4-10,13H,11-12,14-15H2,1-3H3,(H2,23,27,28)(H2,24,25,26);1H. The molecule has 6 nitrogen and oxygen atoms in total. The molecular formula is C21H30ClIN4O2S. The van der Waals surface area contributed by atoms with Crippen LogP contribution in [0.5, 0.6) is 0 Å². The number of nitrogens with two attached hydrogens (primary N) is 1. The summed E-state index contributed by atoms with van der Waals surface area (Å²) in [7, 11) is -1.92. The largest absolute Gasteiger partial charge is 0.356 e. The van der Waals surface area contributed by atoms with Crippen molar-refractivity contribution in [3.05, 3.63) is 64.7 Å². The number of nitrogens with zero attached hydrogens (tertiary/aromatic N) is 1. The minimum atomic E-state index is -3.66. The Labute approximate surface area is 201 Å². The molecule has 0 amide bonds. The van der Waals surface area contributed by atoms with Crippen molar-refractivity contribution in [1.29, 1.82) is 0 Å². The average Bonchev–Trinajstić information content (AvgIpc) is 2.64. The number of hydrogen-bond donors (Lipinski definition) is 3. The Morgan fingerprint density at radius 3 is 2.33 bits per heavy atom. The minimum absolute atomic E-state index is 0. The van der Waals surface area contributed by atoms with E-state index < -0.39 is 10.0 Å². The third-order valence-corrected chi connectivity index (χ3v) is 5.65. The summed E-state index contributed by atoms with van der Waals surface area (Å²) in [5.41, 5.74) is 2.24. The lowest BCUT2D eigenvalue weighted by molar-refractivity contribution is 0.359. The lowest BCUT2D eigenvalue weighted by atomic mass is 9.86. The smallest absolute Gasteiger partial charge is 0.238 e. The first-order valence-electron chi connectivity index (χ1n) is 9.40. The fraction of sp³-hybridized carbons (Fsp3) is 0.381. The molecule has 0 fully saturated rings. The molecule has 0 heterocycles. The van der Waals surface area contributed by atoms with Gasteiger partial charge in [-0.1, -0.05) is 49.7 Å². The first-order chi connectivity index (χ1) is 13.6. The number of aliphatic imine (C=N–C) groups is 1. The molecule has 0 aliphatic heterocycles. The van der Waals surface area contributed by atoms with Crippen molar-refractivity contribution in [2.24, 2.45) is 15.5 Å². The Bertz CT molecular complexity index is 948. The molecule has 2 rings (SSSR count). The summed E-state index contributed by atoms with van der Waals surface area (Å²) in [6.07, 6.45) is 1.63. The summed E-state index contributed by atoms with van der Waals surface area (Å²) in [4.78, 5) is 4.39. The zero-order valence-electron chi connectivity index (χ0n) is 17.5. The second-order valence-corrected chi connectivity index (χ2v) is 9.76. The fourth-order valence-corrected chi connectivity index (χ4v) is 3.70. The number of benzene rings is 2. The van der Waals surface area contributed by atoms with Crippen molar-refractivity contribution in [2.75, 3.05) is 20.1 Å². The quantitative estimate of drug-likeness (QED) is 0.259. The van der Waals surface area contributed by atoms with E-state index in [0.717, 1.165) is 35.9 Å². The molecule has 0 saturated carbocycles. The van der Waals surface area contributed by atoms with E-state index in [-0.39, 0.29) is 34.3 Å². The van der Waals surface area contributed by atoms with Crippen LogP contribution in [0.2, 0.25) is 5.02 Å². The molecule has 2 aromatic carbocycles. The first kappa shape index (κ1) is 26.7. The summed E-state index contributed by atoms with van der Waals surface area (Å²) < 4.78 is 22.6. The second kappa shape index (κ2) is 11.9. The molecule has 166 valence electrons. The average molecular weight is 565 g/mol. The van der Waals surface area contributed by atoms with Crippen molar-refractivity contribution < 1.29 is 8.42 Å².